The molecule has 0 heterocycles. The standard InChI is InChI=1S/C24H36O2S4/c1-22(2)16-12-19(22)24(4,14-18(16)26-21(27)30-7)11-10-23(3)9-8-17(25)15(13-23)20(28-5)29-6/h8-9,16,18-19H,10-14H2,1-7H3/t16-,18+,19-,23+,24+/m1/s1. The molecule has 3 fully saturated rings. The molecule has 0 N–H and O–H groups in total. The first kappa shape index (κ1) is 24.7. The molecule has 2 bridgehead atoms. The Balaban J connectivity index is 1.77. The van der Waals surface area contributed by atoms with Gasteiger partial charge in [0.15, 0.2) is 5.78 Å². The van der Waals surface area contributed by atoms with Crippen molar-refractivity contribution in [2.24, 2.45) is 28.1 Å². The summed E-state index contributed by atoms with van der Waals surface area (Å²) in [6, 6.07) is 0. The van der Waals surface area contributed by atoms with Crippen LogP contribution in [-0.4, -0.2) is 35.0 Å². The SMILES string of the molecule is CSC(=S)O[C@H]1C[C@](C)(CC[C@]2(C)C=CC(=O)C(=C(SC)SC)C2)[C@@H]2C[C@H]1C2(C)C. The van der Waals surface area contributed by atoms with Crippen LogP contribution in [0.5, 0.6) is 0 Å². The van der Waals surface area contributed by atoms with Crippen molar-refractivity contribution in [1.29, 1.82) is 0 Å². The Morgan fingerprint density at radius 2 is 1.80 bits per heavy atom. The summed E-state index contributed by atoms with van der Waals surface area (Å²) in [6.45, 7) is 9.64. The molecule has 0 saturated heterocycles. The Morgan fingerprint density at radius 1 is 1.13 bits per heavy atom. The van der Waals surface area contributed by atoms with Crippen LogP contribution in [0.15, 0.2) is 22.0 Å². The lowest BCUT2D eigenvalue weighted by Gasteiger charge is -2.67. The molecular formula is C24H36O2S4. The van der Waals surface area contributed by atoms with E-state index in [4.69, 9.17) is 17.0 Å². The second-order valence-electron chi connectivity index (χ2n) is 10.4. The molecule has 5 atom stereocenters. The number of carbonyl (C=O) groups excluding carboxylic acids is 1. The Kier molecular flexibility index (Phi) is 7.54. The molecule has 3 saturated carbocycles. The Morgan fingerprint density at radius 3 is 2.37 bits per heavy atom. The fourth-order valence-electron chi connectivity index (χ4n) is 6.26. The maximum absolute atomic E-state index is 12.5. The van der Waals surface area contributed by atoms with Gasteiger partial charge < -0.3 is 4.74 Å². The minimum atomic E-state index is 0.0403. The minimum absolute atomic E-state index is 0.0403. The first-order chi connectivity index (χ1) is 14.0. The minimum Gasteiger partial charge on any atom is -0.475 e. The van der Waals surface area contributed by atoms with Crippen molar-refractivity contribution in [3.8, 4) is 0 Å². The van der Waals surface area contributed by atoms with E-state index < -0.39 is 0 Å². The smallest absolute Gasteiger partial charge is 0.219 e. The molecule has 30 heavy (non-hydrogen) atoms. The number of hydrogen-bond acceptors (Lipinski definition) is 6. The number of thioether (sulfide) groups is 3. The third-order valence-electron chi connectivity index (χ3n) is 8.11. The summed E-state index contributed by atoms with van der Waals surface area (Å²) in [5.74, 6) is 1.54. The third kappa shape index (κ3) is 4.58. The van der Waals surface area contributed by atoms with Gasteiger partial charge in [0, 0.05) is 15.7 Å². The van der Waals surface area contributed by atoms with Gasteiger partial charge in [0.05, 0.1) is 0 Å². The molecule has 0 unspecified atom stereocenters. The van der Waals surface area contributed by atoms with E-state index in [2.05, 4.69) is 46.3 Å². The van der Waals surface area contributed by atoms with E-state index in [1.54, 1.807) is 23.5 Å². The van der Waals surface area contributed by atoms with Gasteiger partial charge in [-0.25, -0.2) is 0 Å². The van der Waals surface area contributed by atoms with Crippen molar-refractivity contribution in [3.05, 3.63) is 22.0 Å². The maximum atomic E-state index is 12.5. The number of ketones is 1. The summed E-state index contributed by atoms with van der Waals surface area (Å²) in [6.07, 6.45) is 15.8. The van der Waals surface area contributed by atoms with Crippen LogP contribution >= 0.6 is 47.5 Å². The van der Waals surface area contributed by atoms with Crippen LogP contribution in [0.25, 0.3) is 0 Å². The van der Waals surface area contributed by atoms with Crippen LogP contribution in [0, 0.1) is 28.1 Å². The molecule has 0 aromatic rings. The molecule has 0 aromatic carbocycles. The molecule has 0 aliphatic heterocycles. The van der Waals surface area contributed by atoms with E-state index in [-0.39, 0.29) is 22.7 Å². The van der Waals surface area contributed by atoms with Gasteiger partial charge in [-0.05, 0) is 91.3 Å². The first-order valence-electron chi connectivity index (χ1n) is 10.8. The maximum Gasteiger partial charge on any atom is 0.219 e. The lowest BCUT2D eigenvalue weighted by molar-refractivity contribution is -0.205. The zero-order chi connectivity index (χ0) is 22.3. The topological polar surface area (TPSA) is 26.3 Å². The summed E-state index contributed by atoms with van der Waals surface area (Å²) in [7, 11) is 0. The van der Waals surface area contributed by atoms with Crippen LogP contribution in [-0.2, 0) is 9.53 Å². The van der Waals surface area contributed by atoms with Crippen LogP contribution in [0.1, 0.15) is 59.8 Å². The van der Waals surface area contributed by atoms with Crippen molar-refractivity contribution < 1.29 is 9.53 Å². The first-order valence-corrected chi connectivity index (χ1v) is 14.9. The number of carbonyl (C=O) groups is 1. The van der Waals surface area contributed by atoms with E-state index in [9.17, 15) is 4.79 Å². The molecule has 0 aromatic heterocycles. The molecular weight excluding hydrogens is 449 g/mol. The van der Waals surface area contributed by atoms with E-state index in [1.165, 1.54) is 22.4 Å². The lowest BCUT2D eigenvalue weighted by atomic mass is 9.39. The van der Waals surface area contributed by atoms with E-state index in [1.807, 2.05) is 12.3 Å². The van der Waals surface area contributed by atoms with Crippen molar-refractivity contribution in [1.82, 2.24) is 0 Å². The zero-order valence-corrected chi connectivity index (χ0v) is 22.6. The number of ether oxygens (including phenoxy) is 1. The molecule has 4 aliphatic rings. The van der Waals surface area contributed by atoms with Crippen molar-refractivity contribution >= 4 is 57.7 Å². The molecule has 4 aliphatic carbocycles. The molecule has 2 nitrogen and oxygen atoms in total. The monoisotopic (exact) mass is 484 g/mol. The summed E-state index contributed by atoms with van der Waals surface area (Å²) in [5.41, 5.74) is 1.60. The second kappa shape index (κ2) is 9.15. The quantitative estimate of drug-likeness (QED) is 0.289. The highest BCUT2D eigenvalue weighted by molar-refractivity contribution is 8.22. The highest BCUT2D eigenvalue weighted by Crippen LogP contribution is 2.68. The number of thiocarbonyl (C=S) groups is 1. The van der Waals surface area contributed by atoms with E-state index >= 15 is 0 Å². The molecule has 168 valence electrons. The van der Waals surface area contributed by atoms with Crippen molar-refractivity contribution in [3.63, 3.8) is 0 Å². The second-order valence-corrected chi connectivity index (χ2v) is 13.7. The number of rotatable bonds is 6. The van der Waals surface area contributed by atoms with Gasteiger partial charge in [-0.1, -0.05) is 45.5 Å². The largest absolute Gasteiger partial charge is 0.475 e. The molecule has 0 amide bonds. The zero-order valence-electron chi connectivity index (χ0n) is 19.4. The van der Waals surface area contributed by atoms with Gasteiger partial charge in [-0.15, -0.1) is 23.5 Å². The van der Waals surface area contributed by atoms with Crippen LogP contribution in [0.2, 0.25) is 0 Å². The average Bonchev–Trinajstić information content (AvgIpc) is 2.69. The van der Waals surface area contributed by atoms with Gasteiger partial charge in [-0.3, -0.25) is 4.79 Å². The summed E-state index contributed by atoms with van der Waals surface area (Å²) in [5, 5.41) is 0. The predicted octanol–water partition coefficient (Wildman–Crippen LogP) is 7.34. The van der Waals surface area contributed by atoms with Gasteiger partial charge in [-0.2, -0.15) is 0 Å². The fourth-order valence-corrected chi connectivity index (χ4v) is 8.11. The van der Waals surface area contributed by atoms with Crippen LogP contribution in [0.3, 0.4) is 0 Å². The van der Waals surface area contributed by atoms with Crippen molar-refractivity contribution in [2.75, 3.05) is 18.8 Å². The molecule has 0 radical (unpaired) electrons. The summed E-state index contributed by atoms with van der Waals surface area (Å²) in [4.78, 5) is 12.5. The van der Waals surface area contributed by atoms with Crippen molar-refractivity contribution in [2.45, 2.75) is 65.9 Å². The summed E-state index contributed by atoms with van der Waals surface area (Å²) >= 11 is 10.3. The van der Waals surface area contributed by atoms with E-state index in [0.717, 1.165) is 37.2 Å². The Labute approximate surface area is 201 Å². The Hall–Kier alpha value is 0.0900. The van der Waals surface area contributed by atoms with E-state index in [0.29, 0.717) is 15.7 Å². The van der Waals surface area contributed by atoms with Gasteiger partial charge >= 0.3 is 0 Å². The lowest BCUT2D eigenvalue weighted by Crippen LogP contribution is -2.63. The van der Waals surface area contributed by atoms with Gasteiger partial charge in [0.25, 0.3) is 0 Å². The highest BCUT2D eigenvalue weighted by Gasteiger charge is 2.63. The average molecular weight is 485 g/mol. The normalized spacial score (nSPS) is 37.0. The molecule has 4 rings (SSSR count). The van der Waals surface area contributed by atoms with Gasteiger partial charge in [0.1, 0.15) is 6.10 Å². The summed E-state index contributed by atoms with van der Waals surface area (Å²) < 4.78 is 8.10. The predicted molar refractivity (Wildman–Crippen MR) is 139 cm³/mol. The number of fused-ring (bicyclic) bond motifs is 2. The highest BCUT2D eigenvalue weighted by atomic mass is 32.2. The van der Waals surface area contributed by atoms with Crippen LogP contribution < -0.4 is 0 Å². The molecule has 0 spiro atoms. The Bertz CT molecular complexity index is 765. The van der Waals surface area contributed by atoms with Gasteiger partial charge in [0.2, 0.25) is 4.38 Å². The van der Waals surface area contributed by atoms with Crippen LogP contribution in [0.4, 0.5) is 0 Å². The number of hydrogen-bond donors (Lipinski definition) is 0. The number of allylic oxidation sites excluding steroid dienone is 3. The fraction of sp³-hybridized carbons (Fsp3) is 0.750. The molecule has 6 heteroatoms. The third-order valence-corrected chi connectivity index (χ3v) is 11.4.